The van der Waals surface area contributed by atoms with Gasteiger partial charge in [0.2, 0.25) is 5.91 Å². The third-order valence-corrected chi connectivity index (χ3v) is 3.17. The van der Waals surface area contributed by atoms with Crippen molar-refractivity contribution in [3.05, 3.63) is 54.0 Å². The van der Waals surface area contributed by atoms with Crippen molar-refractivity contribution >= 4 is 12.0 Å². The van der Waals surface area contributed by atoms with Crippen LogP contribution >= 0.6 is 0 Å². The first kappa shape index (κ1) is 17.7. The molecule has 0 radical (unpaired) electrons. The predicted octanol–water partition coefficient (Wildman–Crippen LogP) is 3.80. The van der Waals surface area contributed by atoms with Gasteiger partial charge in [-0.3, -0.25) is 4.79 Å². The Morgan fingerprint density at radius 2 is 2.08 bits per heavy atom. The monoisotopic (exact) mass is 329 g/mol. The molecule has 1 heterocycles. The van der Waals surface area contributed by atoms with Gasteiger partial charge in [0.1, 0.15) is 5.76 Å². The van der Waals surface area contributed by atoms with Crippen LogP contribution in [0.25, 0.3) is 6.08 Å². The van der Waals surface area contributed by atoms with E-state index < -0.39 is 0 Å². The molecule has 2 aromatic rings. The van der Waals surface area contributed by atoms with Gasteiger partial charge in [-0.1, -0.05) is 13.0 Å². The predicted molar refractivity (Wildman–Crippen MR) is 93.0 cm³/mol. The van der Waals surface area contributed by atoms with E-state index >= 15 is 0 Å². The fourth-order valence-electron chi connectivity index (χ4n) is 2.05. The summed E-state index contributed by atoms with van der Waals surface area (Å²) in [4.78, 5) is 11.8. The Balaban J connectivity index is 1.97. The van der Waals surface area contributed by atoms with Crippen LogP contribution < -0.4 is 14.8 Å². The van der Waals surface area contributed by atoms with Gasteiger partial charge in [0.15, 0.2) is 11.5 Å². The first-order valence-electron chi connectivity index (χ1n) is 8.10. The van der Waals surface area contributed by atoms with Crippen molar-refractivity contribution in [2.45, 2.75) is 26.8 Å². The van der Waals surface area contributed by atoms with E-state index in [1.165, 1.54) is 6.08 Å². The van der Waals surface area contributed by atoms with Gasteiger partial charge < -0.3 is 19.2 Å². The number of ether oxygens (including phenoxy) is 2. The van der Waals surface area contributed by atoms with Crippen LogP contribution in [0.5, 0.6) is 11.5 Å². The average molecular weight is 329 g/mol. The first-order chi connectivity index (χ1) is 11.7. The van der Waals surface area contributed by atoms with Crippen LogP contribution in [0.2, 0.25) is 0 Å². The van der Waals surface area contributed by atoms with Gasteiger partial charge in [-0.15, -0.1) is 0 Å². The number of amides is 1. The number of hydrogen-bond donors (Lipinski definition) is 1. The van der Waals surface area contributed by atoms with Crippen molar-refractivity contribution in [3.63, 3.8) is 0 Å². The van der Waals surface area contributed by atoms with Crippen LogP contribution in [0, 0.1) is 0 Å². The first-order valence-corrected chi connectivity index (χ1v) is 8.10. The van der Waals surface area contributed by atoms with Crippen molar-refractivity contribution in [2.24, 2.45) is 0 Å². The van der Waals surface area contributed by atoms with Crippen molar-refractivity contribution in [3.8, 4) is 11.5 Å². The van der Waals surface area contributed by atoms with Gasteiger partial charge >= 0.3 is 0 Å². The number of carbonyl (C=O) groups excluding carboxylic acids is 1. The van der Waals surface area contributed by atoms with Crippen LogP contribution in [0.15, 0.2) is 47.1 Å². The van der Waals surface area contributed by atoms with Gasteiger partial charge in [0.25, 0.3) is 0 Å². The Morgan fingerprint density at radius 1 is 1.21 bits per heavy atom. The third-order valence-electron chi connectivity index (χ3n) is 3.17. The van der Waals surface area contributed by atoms with Crippen LogP contribution in [-0.4, -0.2) is 19.1 Å². The molecular weight excluding hydrogens is 306 g/mol. The molecule has 1 aromatic carbocycles. The van der Waals surface area contributed by atoms with Crippen LogP contribution in [0.4, 0.5) is 0 Å². The molecule has 0 saturated heterocycles. The van der Waals surface area contributed by atoms with E-state index in [0.29, 0.717) is 31.3 Å². The van der Waals surface area contributed by atoms with Crippen LogP contribution in [0.1, 0.15) is 31.6 Å². The zero-order valence-corrected chi connectivity index (χ0v) is 14.1. The topological polar surface area (TPSA) is 60.7 Å². The number of rotatable bonds is 9. The lowest BCUT2D eigenvalue weighted by Gasteiger charge is -2.12. The molecular formula is C19H23NO4. The Labute approximate surface area is 142 Å². The van der Waals surface area contributed by atoms with Crippen molar-refractivity contribution in [2.75, 3.05) is 13.2 Å². The number of furan rings is 1. The van der Waals surface area contributed by atoms with Gasteiger partial charge in [-0.05, 0) is 49.2 Å². The van der Waals surface area contributed by atoms with Gasteiger partial charge in [-0.2, -0.15) is 0 Å². The summed E-state index contributed by atoms with van der Waals surface area (Å²) in [5.41, 5.74) is 0.871. The number of nitrogens with one attached hydrogen (secondary N) is 1. The summed E-state index contributed by atoms with van der Waals surface area (Å²) >= 11 is 0. The average Bonchev–Trinajstić information content (AvgIpc) is 3.11. The standard InChI is InChI=1S/C19H23NO4/c1-3-11-24-17-9-7-15(13-18(17)22-4-2)8-10-19(21)20-14-16-6-5-12-23-16/h5-10,12-13H,3-4,11,14H2,1-2H3,(H,20,21)/b10-8+. The second-order valence-corrected chi connectivity index (χ2v) is 5.12. The lowest BCUT2D eigenvalue weighted by Crippen LogP contribution is -2.19. The minimum Gasteiger partial charge on any atom is -0.490 e. The van der Waals surface area contributed by atoms with E-state index in [0.717, 1.165) is 17.7 Å². The van der Waals surface area contributed by atoms with E-state index in [1.807, 2.05) is 31.2 Å². The van der Waals surface area contributed by atoms with E-state index in [4.69, 9.17) is 13.9 Å². The summed E-state index contributed by atoms with van der Waals surface area (Å²) in [7, 11) is 0. The van der Waals surface area contributed by atoms with E-state index in [-0.39, 0.29) is 5.91 Å². The van der Waals surface area contributed by atoms with Crippen LogP contribution in [-0.2, 0) is 11.3 Å². The zero-order chi connectivity index (χ0) is 17.2. The molecule has 0 aliphatic rings. The maximum atomic E-state index is 11.8. The molecule has 1 N–H and O–H groups in total. The summed E-state index contributed by atoms with van der Waals surface area (Å²) in [5.74, 6) is 1.94. The number of benzene rings is 1. The quantitative estimate of drug-likeness (QED) is 0.711. The molecule has 5 heteroatoms. The maximum Gasteiger partial charge on any atom is 0.244 e. The zero-order valence-electron chi connectivity index (χ0n) is 14.1. The Bertz CT molecular complexity index is 662. The summed E-state index contributed by atoms with van der Waals surface area (Å²) in [6.07, 6.45) is 5.74. The van der Waals surface area contributed by atoms with Gasteiger partial charge in [0, 0.05) is 6.08 Å². The third kappa shape index (κ3) is 5.50. The Kier molecular flexibility index (Phi) is 6.95. The molecule has 128 valence electrons. The second-order valence-electron chi connectivity index (χ2n) is 5.12. The normalized spacial score (nSPS) is 10.8. The van der Waals surface area contributed by atoms with Crippen molar-refractivity contribution in [1.82, 2.24) is 5.32 Å². The molecule has 0 aliphatic heterocycles. The number of hydrogen-bond acceptors (Lipinski definition) is 4. The summed E-state index contributed by atoms with van der Waals surface area (Å²) in [6, 6.07) is 9.22. The number of carbonyl (C=O) groups is 1. The van der Waals surface area contributed by atoms with Gasteiger partial charge in [-0.25, -0.2) is 0 Å². The van der Waals surface area contributed by atoms with Crippen molar-refractivity contribution in [1.29, 1.82) is 0 Å². The Hall–Kier alpha value is -2.69. The summed E-state index contributed by atoms with van der Waals surface area (Å²) in [6.45, 7) is 5.54. The molecule has 24 heavy (non-hydrogen) atoms. The van der Waals surface area contributed by atoms with E-state index in [1.54, 1.807) is 18.4 Å². The minimum absolute atomic E-state index is 0.185. The molecule has 1 aromatic heterocycles. The second kappa shape index (κ2) is 9.45. The smallest absolute Gasteiger partial charge is 0.244 e. The fraction of sp³-hybridized carbons (Fsp3) is 0.316. The highest BCUT2D eigenvalue weighted by molar-refractivity contribution is 5.91. The molecule has 0 bridgehead atoms. The lowest BCUT2D eigenvalue weighted by molar-refractivity contribution is -0.116. The molecule has 0 unspecified atom stereocenters. The Morgan fingerprint density at radius 3 is 2.79 bits per heavy atom. The molecule has 5 nitrogen and oxygen atoms in total. The van der Waals surface area contributed by atoms with Crippen LogP contribution in [0.3, 0.4) is 0 Å². The highest BCUT2D eigenvalue weighted by Gasteiger charge is 2.05. The largest absolute Gasteiger partial charge is 0.490 e. The molecule has 0 fully saturated rings. The maximum absolute atomic E-state index is 11.8. The summed E-state index contributed by atoms with van der Waals surface area (Å²) in [5, 5.41) is 2.76. The lowest BCUT2D eigenvalue weighted by atomic mass is 10.2. The van der Waals surface area contributed by atoms with E-state index in [9.17, 15) is 4.79 Å². The molecule has 0 saturated carbocycles. The highest BCUT2D eigenvalue weighted by Crippen LogP contribution is 2.29. The fourth-order valence-corrected chi connectivity index (χ4v) is 2.05. The molecule has 0 atom stereocenters. The highest BCUT2D eigenvalue weighted by atomic mass is 16.5. The van der Waals surface area contributed by atoms with Gasteiger partial charge in [0.05, 0.1) is 26.0 Å². The van der Waals surface area contributed by atoms with E-state index in [2.05, 4.69) is 12.2 Å². The molecule has 0 spiro atoms. The van der Waals surface area contributed by atoms with Crippen molar-refractivity contribution < 1.29 is 18.7 Å². The molecule has 1 amide bonds. The minimum atomic E-state index is -0.185. The SMILES string of the molecule is CCCOc1ccc(/C=C/C(=O)NCc2ccco2)cc1OCC. The summed E-state index contributed by atoms with van der Waals surface area (Å²) < 4.78 is 16.4. The molecule has 0 aliphatic carbocycles. The molecule has 2 rings (SSSR count).